The topological polar surface area (TPSA) is 95.6 Å². The predicted molar refractivity (Wildman–Crippen MR) is 87.4 cm³/mol. The van der Waals surface area contributed by atoms with Crippen molar-refractivity contribution in [3.63, 3.8) is 0 Å². The molecule has 0 saturated carbocycles. The molecule has 0 saturated heterocycles. The van der Waals surface area contributed by atoms with Gasteiger partial charge in [-0.25, -0.2) is 13.1 Å². The highest BCUT2D eigenvalue weighted by Crippen LogP contribution is 2.14. The smallest absolute Gasteiger partial charge is 0.241 e. The van der Waals surface area contributed by atoms with Gasteiger partial charge in [-0.2, -0.15) is 0 Å². The summed E-state index contributed by atoms with van der Waals surface area (Å²) < 4.78 is 26.6. The normalized spacial score (nSPS) is 11.1. The van der Waals surface area contributed by atoms with E-state index >= 15 is 0 Å². The minimum absolute atomic E-state index is 0.0305. The fourth-order valence-electron chi connectivity index (χ4n) is 1.68. The number of likely N-dealkylation sites (N-methyl/N-ethyl adjacent to an activating group) is 1. The van der Waals surface area contributed by atoms with Crippen molar-refractivity contribution in [2.45, 2.75) is 25.2 Å². The molecular weight excluding hydrogens is 318 g/mol. The maximum Gasteiger partial charge on any atom is 0.241 e. The number of sulfonamides is 1. The van der Waals surface area contributed by atoms with Gasteiger partial charge in [0.25, 0.3) is 0 Å². The standard InChI is InChI=1S/C15H23N3O4S/c1-11-5-6-13(9-12(11)2)23(21,22)17-8-7-14(19)16-10-15(20)18(3)4/h5-6,9,17H,7-8,10H2,1-4H3,(H,16,19). The summed E-state index contributed by atoms with van der Waals surface area (Å²) in [6, 6.07) is 4.86. The lowest BCUT2D eigenvalue weighted by molar-refractivity contribution is -0.130. The van der Waals surface area contributed by atoms with E-state index in [0.717, 1.165) is 11.1 Å². The van der Waals surface area contributed by atoms with Gasteiger partial charge in [-0.1, -0.05) is 6.07 Å². The van der Waals surface area contributed by atoms with Crippen molar-refractivity contribution in [2.75, 3.05) is 27.2 Å². The Morgan fingerprint density at radius 3 is 2.35 bits per heavy atom. The second-order valence-electron chi connectivity index (χ2n) is 5.46. The molecule has 0 aliphatic heterocycles. The van der Waals surface area contributed by atoms with Crippen LogP contribution in [0, 0.1) is 13.8 Å². The molecule has 7 nitrogen and oxygen atoms in total. The predicted octanol–water partition coefficient (Wildman–Crippen LogP) is 0.176. The number of rotatable bonds is 7. The molecule has 0 fully saturated rings. The molecule has 1 rings (SSSR count). The Labute approximate surface area is 137 Å². The number of nitrogens with zero attached hydrogens (tertiary/aromatic N) is 1. The lowest BCUT2D eigenvalue weighted by Crippen LogP contribution is -2.37. The average Bonchev–Trinajstić information content (AvgIpc) is 2.47. The highest BCUT2D eigenvalue weighted by Gasteiger charge is 2.15. The molecule has 0 unspecified atom stereocenters. The fourth-order valence-corrected chi connectivity index (χ4v) is 2.80. The number of carbonyl (C=O) groups excluding carboxylic acids is 2. The van der Waals surface area contributed by atoms with Crippen molar-refractivity contribution >= 4 is 21.8 Å². The van der Waals surface area contributed by atoms with E-state index in [2.05, 4.69) is 10.0 Å². The summed E-state index contributed by atoms with van der Waals surface area (Å²) in [5.41, 5.74) is 1.89. The largest absolute Gasteiger partial charge is 0.347 e. The number of hydrogen-bond acceptors (Lipinski definition) is 4. The average molecular weight is 341 g/mol. The highest BCUT2D eigenvalue weighted by atomic mass is 32.2. The van der Waals surface area contributed by atoms with Crippen molar-refractivity contribution in [2.24, 2.45) is 0 Å². The van der Waals surface area contributed by atoms with Gasteiger partial charge < -0.3 is 10.2 Å². The number of aryl methyl sites for hydroxylation is 2. The van der Waals surface area contributed by atoms with Crippen molar-refractivity contribution in [1.82, 2.24) is 14.9 Å². The Balaban J connectivity index is 2.49. The van der Waals surface area contributed by atoms with Gasteiger partial charge in [-0.3, -0.25) is 9.59 Å². The van der Waals surface area contributed by atoms with Crippen LogP contribution in [0.5, 0.6) is 0 Å². The number of carbonyl (C=O) groups is 2. The van der Waals surface area contributed by atoms with Crippen LogP contribution in [0.2, 0.25) is 0 Å². The molecule has 0 heterocycles. The number of amides is 2. The molecule has 1 aromatic rings. The van der Waals surface area contributed by atoms with Crippen LogP contribution in [0.3, 0.4) is 0 Å². The van der Waals surface area contributed by atoms with Crippen molar-refractivity contribution < 1.29 is 18.0 Å². The summed E-state index contributed by atoms with van der Waals surface area (Å²) in [4.78, 5) is 24.4. The van der Waals surface area contributed by atoms with E-state index in [9.17, 15) is 18.0 Å². The SMILES string of the molecule is Cc1ccc(S(=O)(=O)NCCC(=O)NCC(=O)N(C)C)cc1C. The van der Waals surface area contributed by atoms with Crippen LogP contribution in [-0.2, 0) is 19.6 Å². The minimum atomic E-state index is -3.65. The maximum atomic E-state index is 12.1. The van der Waals surface area contributed by atoms with E-state index in [-0.39, 0.29) is 36.2 Å². The molecule has 0 bridgehead atoms. The zero-order valence-corrected chi connectivity index (χ0v) is 14.7. The van der Waals surface area contributed by atoms with Gasteiger partial charge in [0.15, 0.2) is 0 Å². The molecule has 2 amide bonds. The molecule has 8 heteroatoms. The van der Waals surface area contributed by atoms with Crippen LogP contribution in [0.25, 0.3) is 0 Å². The van der Waals surface area contributed by atoms with Crippen LogP contribution in [0.15, 0.2) is 23.1 Å². The van der Waals surface area contributed by atoms with E-state index in [0.29, 0.717) is 0 Å². The first-order valence-corrected chi connectivity index (χ1v) is 8.65. The molecule has 0 atom stereocenters. The molecule has 0 aromatic heterocycles. The Kier molecular flexibility index (Phi) is 6.71. The fraction of sp³-hybridized carbons (Fsp3) is 0.467. The summed E-state index contributed by atoms with van der Waals surface area (Å²) in [6.45, 7) is 3.61. The third-order valence-electron chi connectivity index (χ3n) is 3.37. The second-order valence-corrected chi connectivity index (χ2v) is 7.23. The summed E-state index contributed by atoms with van der Waals surface area (Å²) in [5.74, 6) is -0.614. The van der Waals surface area contributed by atoms with Crippen LogP contribution in [-0.4, -0.2) is 52.3 Å². The lowest BCUT2D eigenvalue weighted by atomic mass is 10.1. The van der Waals surface area contributed by atoms with Gasteiger partial charge >= 0.3 is 0 Å². The molecule has 2 N–H and O–H groups in total. The summed E-state index contributed by atoms with van der Waals surface area (Å²) in [5, 5.41) is 2.44. The van der Waals surface area contributed by atoms with Gasteiger partial charge in [0.2, 0.25) is 21.8 Å². The molecule has 0 spiro atoms. The van der Waals surface area contributed by atoms with E-state index in [4.69, 9.17) is 0 Å². The molecular formula is C15H23N3O4S. The van der Waals surface area contributed by atoms with Crippen molar-refractivity contribution in [3.05, 3.63) is 29.3 Å². The van der Waals surface area contributed by atoms with E-state index < -0.39 is 10.0 Å². The summed E-state index contributed by atoms with van der Waals surface area (Å²) in [7, 11) is -0.466. The third kappa shape index (κ3) is 5.99. The molecule has 0 aliphatic carbocycles. The molecule has 1 aromatic carbocycles. The monoisotopic (exact) mass is 341 g/mol. The second kappa shape index (κ2) is 8.07. The quantitative estimate of drug-likeness (QED) is 0.739. The van der Waals surface area contributed by atoms with Crippen LogP contribution >= 0.6 is 0 Å². The van der Waals surface area contributed by atoms with Gasteiger partial charge in [-0.15, -0.1) is 0 Å². The molecule has 23 heavy (non-hydrogen) atoms. The van der Waals surface area contributed by atoms with Gasteiger partial charge in [-0.05, 0) is 37.1 Å². The third-order valence-corrected chi connectivity index (χ3v) is 4.83. The Hall–Kier alpha value is -1.93. The van der Waals surface area contributed by atoms with Crippen molar-refractivity contribution in [3.8, 4) is 0 Å². The van der Waals surface area contributed by atoms with Gasteiger partial charge in [0.1, 0.15) is 0 Å². The Bertz CT molecular complexity index is 684. The molecule has 128 valence electrons. The minimum Gasteiger partial charge on any atom is -0.347 e. The lowest BCUT2D eigenvalue weighted by Gasteiger charge is -2.11. The van der Waals surface area contributed by atoms with E-state index in [1.54, 1.807) is 26.2 Å². The summed E-state index contributed by atoms with van der Waals surface area (Å²) in [6.07, 6.45) is -0.0369. The Morgan fingerprint density at radius 1 is 1.13 bits per heavy atom. The number of nitrogens with one attached hydrogen (secondary N) is 2. The van der Waals surface area contributed by atoms with E-state index in [1.165, 1.54) is 11.0 Å². The molecule has 0 aliphatic rings. The first-order chi connectivity index (χ1) is 10.6. The van der Waals surface area contributed by atoms with Gasteiger partial charge in [0.05, 0.1) is 11.4 Å². The van der Waals surface area contributed by atoms with Crippen molar-refractivity contribution in [1.29, 1.82) is 0 Å². The van der Waals surface area contributed by atoms with Crippen LogP contribution in [0.4, 0.5) is 0 Å². The number of hydrogen-bond donors (Lipinski definition) is 2. The first kappa shape index (κ1) is 19.1. The molecule has 0 radical (unpaired) electrons. The Morgan fingerprint density at radius 2 is 1.78 bits per heavy atom. The van der Waals surface area contributed by atoms with Gasteiger partial charge in [0, 0.05) is 27.1 Å². The maximum absolute atomic E-state index is 12.1. The first-order valence-electron chi connectivity index (χ1n) is 7.17. The van der Waals surface area contributed by atoms with Crippen LogP contribution < -0.4 is 10.0 Å². The zero-order chi connectivity index (χ0) is 17.6. The summed E-state index contributed by atoms with van der Waals surface area (Å²) >= 11 is 0. The highest BCUT2D eigenvalue weighted by molar-refractivity contribution is 7.89. The van der Waals surface area contributed by atoms with Crippen LogP contribution in [0.1, 0.15) is 17.5 Å². The zero-order valence-electron chi connectivity index (χ0n) is 13.8. The number of benzene rings is 1. The van der Waals surface area contributed by atoms with E-state index in [1.807, 2.05) is 13.8 Å².